The SMILES string of the molecule is CC(C)(C)c1ccc(-c2ccccc2)c2c1C(O)(C(F)(F)F)C(=O)O2. The third-order valence-electron chi connectivity index (χ3n) is 4.31. The summed E-state index contributed by atoms with van der Waals surface area (Å²) in [6.45, 7) is 5.14. The van der Waals surface area contributed by atoms with E-state index in [1.54, 1.807) is 57.2 Å². The Morgan fingerprint density at radius 1 is 1.00 bits per heavy atom. The van der Waals surface area contributed by atoms with Crippen molar-refractivity contribution in [3.05, 3.63) is 53.6 Å². The first kappa shape index (κ1) is 17.5. The summed E-state index contributed by atoms with van der Waals surface area (Å²) in [7, 11) is 0. The number of carbonyl (C=O) groups is 1. The number of esters is 1. The summed E-state index contributed by atoms with van der Waals surface area (Å²) >= 11 is 0. The smallest absolute Gasteiger partial charge is 0.423 e. The lowest BCUT2D eigenvalue weighted by Gasteiger charge is -2.29. The van der Waals surface area contributed by atoms with Crippen molar-refractivity contribution < 1.29 is 27.8 Å². The van der Waals surface area contributed by atoms with Crippen molar-refractivity contribution in [2.45, 2.75) is 38.0 Å². The van der Waals surface area contributed by atoms with Gasteiger partial charge in [-0.1, -0.05) is 63.2 Å². The van der Waals surface area contributed by atoms with Gasteiger partial charge in [-0.25, -0.2) is 4.79 Å². The number of benzene rings is 2. The van der Waals surface area contributed by atoms with Crippen molar-refractivity contribution in [3.63, 3.8) is 0 Å². The van der Waals surface area contributed by atoms with Crippen LogP contribution in [0, 0.1) is 0 Å². The average Bonchev–Trinajstić information content (AvgIpc) is 2.79. The minimum absolute atomic E-state index is 0.216. The predicted octanol–water partition coefficient (Wildman–Crippen LogP) is 4.32. The van der Waals surface area contributed by atoms with Gasteiger partial charge in [0, 0.05) is 5.56 Å². The molecule has 1 atom stereocenters. The lowest BCUT2D eigenvalue weighted by molar-refractivity contribution is -0.258. The second-order valence-corrected chi connectivity index (χ2v) is 7.08. The zero-order chi connectivity index (χ0) is 18.6. The number of halogens is 3. The molecule has 2 aromatic rings. The van der Waals surface area contributed by atoms with Crippen molar-refractivity contribution in [1.29, 1.82) is 0 Å². The lowest BCUT2D eigenvalue weighted by Crippen LogP contribution is -2.48. The van der Waals surface area contributed by atoms with E-state index in [1.807, 2.05) is 0 Å². The van der Waals surface area contributed by atoms with Crippen LogP contribution in [-0.2, 0) is 15.8 Å². The first-order chi connectivity index (χ1) is 11.5. The molecule has 1 aliphatic rings. The third-order valence-corrected chi connectivity index (χ3v) is 4.31. The summed E-state index contributed by atoms with van der Waals surface area (Å²) in [5.41, 5.74) is -3.77. The summed E-state index contributed by atoms with van der Waals surface area (Å²) in [4.78, 5) is 12.1. The molecule has 3 rings (SSSR count). The number of ether oxygens (including phenoxy) is 1. The number of carbonyl (C=O) groups excluding carboxylic acids is 1. The molecule has 6 heteroatoms. The molecule has 0 spiro atoms. The van der Waals surface area contributed by atoms with E-state index >= 15 is 0 Å². The van der Waals surface area contributed by atoms with Crippen LogP contribution >= 0.6 is 0 Å². The molecule has 1 heterocycles. The summed E-state index contributed by atoms with van der Waals surface area (Å²) in [5.74, 6) is -1.95. The Morgan fingerprint density at radius 2 is 1.60 bits per heavy atom. The quantitative estimate of drug-likeness (QED) is 0.615. The molecule has 0 radical (unpaired) electrons. The van der Waals surface area contributed by atoms with Gasteiger partial charge < -0.3 is 9.84 Å². The summed E-state index contributed by atoms with van der Waals surface area (Å²) in [6.07, 6.45) is -5.19. The Kier molecular flexibility index (Phi) is 3.73. The van der Waals surface area contributed by atoms with Gasteiger partial charge in [-0.15, -0.1) is 0 Å². The molecule has 0 saturated carbocycles. The second kappa shape index (κ2) is 5.33. The highest BCUT2D eigenvalue weighted by atomic mass is 19.4. The topological polar surface area (TPSA) is 46.5 Å². The monoisotopic (exact) mass is 350 g/mol. The standard InChI is InChI=1S/C19H17F3O3/c1-17(2,3)13-10-9-12(11-7-5-4-6-8-11)15-14(13)18(24,16(23)25-15)19(20,21)22/h4-10,24H,1-3H3. The largest absolute Gasteiger partial charge is 0.432 e. The fraction of sp³-hybridized carbons (Fsp3) is 0.316. The van der Waals surface area contributed by atoms with Crippen molar-refractivity contribution in [2.24, 2.45) is 0 Å². The number of alkyl halides is 3. The maximum absolute atomic E-state index is 13.6. The summed E-state index contributed by atoms with van der Waals surface area (Å²) in [5, 5.41) is 10.4. The molecule has 0 bridgehead atoms. The van der Waals surface area contributed by atoms with Gasteiger partial charge in [0.15, 0.2) is 0 Å². The van der Waals surface area contributed by atoms with Gasteiger partial charge in [-0.3, -0.25) is 0 Å². The highest BCUT2D eigenvalue weighted by Gasteiger charge is 2.68. The van der Waals surface area contributed by atoms with Crippen LogP contribution in [0.5, 0.6) is 5.75 Å². The zero-order valence-corrected chi connectivity index (χ0v) is 13.9. The van der Waals surface area contributed by atoms with Crippen LogP contribution in [0.4, 0.5) is 13.2 Å². The van der Waals surface area contributed by atoms with Gasteiger partial charge in [0.2, 0.25) is 0 Å². The Hall–Kier alpha value is -2.34. The molecular formula is C19H17F3O3. The normalized spacial score (nSPS) is 20.4. The van der Waals surface area contributed by atoms with Gasteiger partial charge in [-0.05, 0) is 16.5 Å². The summed E-state index contributed by atoms with van der Waals surface area (Å²) in [6, 6.07) is 11.8. The highest BCUT2D eigenvalue weighted by Crippen LogP contribution is 2.54. The fourth-order valence-corrected chi connectivity index (χ4v) is 3.04. The maximum Gasteiger partial charge on any atom is 0.432 e. The molecule has 0 amide bonds. The van der Waals surface area contributed by atoms with E-state index in [-0.39, 0.29) is 11.3 Å². The van der Waals surface area contributed by atoms with Crippen LogP contribution in [0.1, 0.15) is 31.9 Å². The maximum atomic E-state index is 13.6. The zero-order valence-electron chi connectivity index (χ0n) is 13.9. The third kappa shape index (κ3) is 2.52. The van der Waals surface area contributed by atoms with Gasteiger partial charge >= 0.3 is 12.1 Å². The molecule has 25 heavy (non-hydrogen) atoms. The average molecular weight is 350 g/mol. The van der Waals surface area contributed by atoms with Crippen molar-refractivity contribution in [2.75, 3.05) is 0 Å². The van der Waals surface area contributed by atoms with E-state index in [4.69, 9.17) is 4.74 Å². The first-order valence-corrected chi connectivity index (χ1v) is 7.72. The number of aliphatic hydroxyl groups is 1. The lowest BCUT2D eigenvalue weighted by atomic mass is 9.77. The molecule has 0 aliphatic carbocycles. The highest BCUT2D eigenvalue weighted by molar-refractivity contribution is 5.94. The summed E-state index contributed by atoms with van der Waals surface area (Å²) < 4.78 is 45.8. The van der Waals surface area contributed by atoms with Gasteiger partial charge in [0.1, 0.15) is 5.75 Å². The molecule has 132 valence electrons. The molecule has 2 aromatic carbocycles. The molecule has 1 unspecified atom stereocenters. The van der Waals surface area contributed by atoms with Crippen LogP contribution in [0.2, 0.25) is 0 Å². The van der Waals surface area contributed by atoms with E-state index in [9.17, 15) is 23.1 Å². The van der Waals surface area contributed by atoms with E-state index in [1.165, 1.54) is 6.07 Å². The van der Waals surface area contributed by atoms with E-state index in [0.717, 1.165) is 0 Å². The second-order valence-electron chi connectivity index (χ2n) is 7.08. The molecule has 1 aliphatic heterocycles. The van der Waals surface area contributed by atoms with Crippen molar-refractivity contribution in [3.8, 4) is 16.9 Å². The number of fused-ring (bicyclic) bond motifs is 1. The van der Waals surface area contributed by atoms with Crippen LogP contribution in [0.3, 0.4) is 0 Å². The fourth-order valence-electron chi connectivity index (χ4n) is 3.04. The van der Waals surface area contributed by atoms with Crippen LogP contribution < -0.4 is 4.74 Å². The van der Waals surface area contributed by atoms with Crippen LogP contribution in [0.25, 0.3) is 11.1 Å². The van der Waals surface area contributed by atoms with Gasteiger partial charge in [0.25, 0.3) is 5.60 Å². The van der Waals surface area contributed by atoms with E-state index < -0.39 is 28.7 Å². The first-order valence-electron chi connectivity index (χ1n) is 7.72. The Bertz CT molecular complexity index is 835. The van der Waals surface area contributed by atoms with Crippen molar-refractivity contribution in [1.82, 2.24) is 0 Å². The Morgan fingerprint density at radius 3 is 2.12 bits per heavy atom. The number of hydrogen-bond donors (Lipinski definition) is 1. The van der Waals surface area contributed by atoms with E-state index in [0.29, 0.717) is 11.1 Å². The Labute approximate surface area is 143 Å². The number of hydrogen-bond acceptors (Lipinski definition) is 3. The molecule has 0 aromatic heterocycles. The van der Waals surface area contributed by atoms with Gasteiger partial charge in [-0.2, -0.15) is 13.2 Å². The minimum Gasteiger partial charge on any atom is -0.423 e. The molecule has 0 fully saturated rings. The molecule has 1 N–H and O–H groups in total. The van der Waals surface area contributed by atoms with Crippen LogP contribution in [0.15, 0.2) is 42.5 Å². The van der Waals surface area contributed by atoms with Crippen molar-refractivity contribution >= 4 is 5.97 Å². The van der Waals surface area contributed by atoms with Crippen LogP contribution in [-0.4, -0.2) is 17.3 Å². The molecule has 3 nitrogen and oxygen atoms in total. The van der Waals surface area contributed by atoms with Gasteiger partial charge in [0.05, 0.1) is 5.56 Å². The Balaban J connectivity index is 2.39. The molecular weight excluding hydrogens is 333 g/mol. The molecule has 0 saturated heterocycles. The number of rotatable bonds is 1. The van der Waals surface area contributed by atoms with E-state index in [2.05, 4.69) is 0 Å². The minimum atomic E-state index is -5.19. The predicted molar refractivity (Wildman–Crippen MR) is 86.2 cm³/mol.